The highest BCUT2D eigenvalue weighted by molar-refractivity contribution is 7.21. The van der Waals surface area contributed by atoms with Crippen LogP contribution in [0.25, 0.3) is 10.2 Å². The standard InChI is InChI=1S/C25H26N6O2S/c1-27-23(32)22-21(26)18-10-11-19(29-24(18)34-22)20-9-4-5-14-31(20)25(33)17-8-3-2-7-16(17)15-30-13-6-12-28-30/h2-3,6-8,10-13,20H,4-5,9,14-15,26H2,1H3,(H,27,32). The van der Waals surface area contributed by atoms with Crippen molar-refractivity contribution in [3.8, 4) is 0 Å². The van der Waals surface area contributed by atoms with Gasteiger partial charge in [-0.1, -0.05) is 18.2 Å². The van der Waals surface area contributed by atoms with E-state index < -0.39 is 0 Å². The Morgan fingerprint density at radius 3 is 2.82 bits per heavy atom. The first-order valence-electron chi connectivity index (χ1n) is 11.3. The molecule has 1 atom stereocenters. The molecule has 1 unspecified atom stereocenters. The molecule has 34 heavy (non-hydrogen) atoms. The molecule has 3 N–H and O–H groups in total. The van der Waals surface area contributed by atoms with Crippen LogP contribution >= 0.6 is 11.3 Å². The number of nitrogens with zero attached hydrogens (tertiary/aromatic N) is 4. The third-order valence-corrected chi connectivity index (χ3v) is 7.41. The summed E-state index contributed by atoms with van der Waals surface area (Å²) in [5.74, 6) is -0.212. The maximum Gasteiger partial charge on any atom is 0.263 e. The van der Waals surface area contributed by atoms with E-state index in [1.807, 2.05) is 58.2 Å². The molecule has 1 aliphatic rings. The zero-order chi connectivity index (χ0) is 23.7. The van der Waals surface area contributed by atoms with Crippen molar-refractivity contribution in [2.45, 2.75) is 31.8 Å². The average Bonchev–Trinajstić information content (AvgIpc) is 3.51. The van der Waals surface area contributed by atoms with Gasteiger partial charge in [-0.2, -0.15) is 5.10 Å². The van der Waals surface area contributed by atoms with Crippen molar-refractivity contribution >= 4 is 39.1 Å². The number of rotatable bonds is 5. The zero-order valence-electron chi connectivity index (χ0n) is 18.9. The van der Waals surface area contributed by atoms with E-state index in [4.69, 9.17) is 10.7 Å². The van der Waals surface area contributed by atoms with Crippen LogP contribution in [0.3, 0.4) is 0 Å². The number of hydrogen-bond donors (Lipinski definition) is 2. The second-order valence-corrected chi connectivity index (χ2v) is 9.38. The molecule has 0 spiro atoms. The van der Waals surface area contributed by atoms with Gasteiger partial charge in [0.05, 0.1) is 24.0 Å². The van der Waals surface area contributed by atoms with Gasteiger partial charge in [0, 0.05) is 36.9 Å². The van der Waals surface area contributed by atoms with E-state index >= 15 is 0 Å². The molecular weight excluding hydrogens is 448 g/mol. The summed E-state index contributed by atoms with van der Waals surface area (Å²) in [6.07, 6.45) is 6.45. The Labute approximate surface area is 201 Å². The number of anilines is 1. The van der Waals surface area contributed by atoms with Gasteiger partial charge in [0.25, 0.3) is 11.8 Å². The summed E-state index contributed by atoms with van der Waals surface area (Å²) >= 11 is 1.28. The molecule has 0 aliphatic carbocycles. The van der Waals surface area contributed by atoms with E-state index in [1.165, 1.54) is 11.3 Å². The molecule has 5 rings (SSSR count). The van der Waals surface area contributed by atoms with Gasteiger partial charge in [0.2, 0.25) is 0 Å². The number of likely N-dealkylation sites (tertiary alicyclic amines) is 1. The lowest BCUT2D eigenvalue weighted by molar-refractivity contribution is 0.0605. The number of nitrogen functional groups attached to an aromatic ring is 1. The number of hydrogen-bond acceptors (Lipinski definition) is 6. The van der Waals surface area contributed by atoms with Crippen molar-refractivity contribution in [2.24, 2.45) is 0 Å². The van der Waals surface area contributed by atoms with Crippen molar-refractivity contribution in [3.63, 3.8) is 0 Å². The third-order valence-electron chi connectivity index (χ3n) is 6.29. The molecule has 1 aromatic carbocycles. The van der Waals surface area contributed by atoms with Gasteiger partial charge in [-0.3, -0.25) is 14.3 Å². The number of amides is 2. The Morgan fingerprint density at radius 2 is 2.03 bits per heavy atom. The molecule has 2 amide bonds. The molecule has 0 saturated carbocycles. The van der Waals surface area contributed by atoms with E-state index in [0.717, 1.165) is 35.9 Å². The molecule has 4 heterocycles. The minimum Gasteiger partial charge on any atom is -0.397 e. The van der Waals surface area contributed by atoms with Crippen LogP contribution in [0.5, 0.6) is 0 Å². The van der Waals surface area contributed by atoms with Gasteiger partial charge in [-0.05, 0) is 49.1 Å². The predicted molar refractivity (Wildman–Crippen MR) is 133 cm³/mol. The van der Waals surface area contributed by atoms with E-state index in [2.05, 4.69) is 10.4 Å². The van der Waals surface area contributed by atoms with Crippen LogP contribution in [0.15, 0.2) is 54.9 Å². The molecule has 1 saturated heterocycles. The largest absolute Gasteiger partial charge is 0.397 e. The molecule has 1 aliphatic heterocycles. The third kappa shape index (κ3) is 4.03. The van der Waals surface area contributed by atoms with Crippen LogP contribution in [0.1, 0.15) is 56.6 Å². The number of aromatic nitrogens is 3. The van der Waals surface area contributed by atoms with Gasteiger partial charge in [-0.25, -0.2) is 4.98 Å². The van der Waals surface area contributed by atoms with Gasteiger partial charge in [-0.15, -0.1) is 11.3 Å². The Morgan fingerprint density at radius 1 is 1.18 bits per heavy atom. The van der Waals surface area contributed by atoms with E-state index in [0.29, 0.717) is 34.0 Å². The number of thiophene rings is 1. The van der Waals surface area contributed by atoms with Gasteiger partial charge >= 0.3 is 0 Å². The summed E-state index contributed by atoms with van der Waals surface area (Å²) in [5, 5.41) is 7.68. The quantitative estimate of drug-likeness (QED) is 0.457. The van der Waals surface area contributed by atoms with E-state index in [-0.39, 0.29) is 17.9 Å². The van der Waals surface area contributed by atoms with Crippen LogP contribution in [0.2, 0.25) is 0 Å². The van der Waals surface area contributed by atoms with Crippen LogP contribution in [0.4, 0.5) is 5.69 Å². The lowest BCUT2D eigenvalue weighted by atomic mass is 9.96. The minimum atomic E-state index is -0.217. The van der Waals surface area contributed by atoms with Crippen molar-refractivity contribution in [3.05, 3.63) is 76.6 Å². The number of carbonyl (C=O) groups is 2. The number of nitrogens with two attached hydrogens (primary N) is 1. The van der Waals surface area contributed by atoms with Crippen molar-refractivity contribution in [1.82, 2.24) is 25.0 Å². The van der Waals surface area contributed by atoms with Crippen LogP contribution in [0, 0.1) is 0 Å². The average molecular weight is 475 g/mol. The number of benzene rings is 1. The molecule has 4 aromatic rings. The van der Waals surface area contributed by atoms with E-state index in [1.54, 1.807) is 13.2 Å². The molecule has 0 bridgehead atoms. The summed E-state index contributed by atoms with van der Waals surface area (Å²) < 4.78 is 1.82. The lowest BCUT2D eigenvalue weighted by Crippen LogP contribution is -2.39. The number of carbonyl (C=O) groups excluding carboxylic acids is 2. The Kier molecular flexibility index (Phi) is 6.02. The summed E-state index contributed by atoms with van der Waals surface area (Å²) in [6, 6.07) is 13.3. The smallest absolute Gasteiger partial charge is 0.263 e. The highest BCUT2D eigenvalue weighted by Crippen LogP contribution is 2.36. The number of piperidine rings is 1. The molecule has 1 fully saturated rings. The first-order valence-corrected chi connectivity index (χ1v) is 12.2. The molecule has 9 heteroatoms. The topological polar surface area (TPSA) is 106 Å². The lowest BCUT2D eigenvalue weighted by Gasteiger charge is -2.36. The fourth-order valence-corrected chi connectivity index (χ4v) is 5.60. The molecule has 3 aromatic heterocycles. The monoisotopic (exact) mass is 474 g/mol. The van der Waals surface area contributed by atoms with Crippen LogP contribution < -0.4 is 11.1 Å². The summed E-state index contributed by atoms with van der Waals surface area (Å²) in [5.41, 5.74) is 9.10. The number of nitrogens with one attached hydrogen (secondary N) is 1. The number of fused-ring (bicyclic) bond motifs is 1. The first kappa shape index (κ1) is 22.1. The minimum absolute atomic E-state index is 0.00564. The Balaban J connectivity index is 1.48. The summed E-state index contributed by atoms with van der Waals surface area (Å²) in [4.78, 5) is 33.9. The summed E-state index contributed by atoms with van der Waals surface area (Å²) in [6.45, 7) is 1.21. The fourth-order valence-electron chi connectivity index (χ4n) is 4.55. The van der Waals surface area contributed by atoms with Crippen molar-refractivity contribution in [2.75, 3.05) is 19.3 Å². The van der Waals surface area contributed by atoms with Gasteiger partial charge in [0.15, 0.2) is 0 Å². The maximum absolute atomic E-state index is 13.8. The highest BCUT2D eigenvalue weighted by atomic mass is 32.1. The number of pyridine rings is 1. The molecular formula is C25H26N6O2S. The SMILES string of the molecule is CNC(=O)c1sc2nc(C3CCCCN3C(=O)c3ccccc3Cn3cccn3)ccc2c1N. The second-order valence-electron chi connectivity index (χ2n) is 8.38. The van der Waals surface area contributed by atoms with Gasteiger partial charge in [0.1, 0.15) is 9.71 Å². The maximum atomic E-state index is 13.8. The van der Waals surface area contributed by atoms with Crippen LogP contribution in [-0.2, 0) is 6.54 Å². The molecule has 8 nitrogen and oxygen atoms in total. The fraction of sp³-hybridized carbons (Fsp3) is 0.280. The van der Waals surface area contributed by atoms with E-state index in [9.17, 15) is 9.59 Å². The normalized spacial score (nSPS) is 16.0. The molecule has 174 valence electrons. The zero-order valence-corrected chi connectivity index (χ0v) is 19.7. The molecule has 0 radical (unpaired) electrons. The van der Waals surface area contributed by atoms with Crippen LogP contribution in [-0.4, -0.2) is 45.1 Å². The Bertz CT molecular complexity index is 1350. The van der Waals surface area contributed by atoms with Crippen molar-refractivity contribution in [1.29, 1.82) is 0 Å². The Hall–Kier alpha value is -3.72. The predicted octanol–water partition coefficient (Wildman–Crippen LogP) is 3.85. The summed E-state index contributed by atoms with van der Waals surface area (Å²) in [7, 11) is 1.58. The second kappa shape index (κ2) is 9.26. The highest BCUT2D eigenvalue weighted by Gasteiger charge is 2.31. The van der Waals surface area contributed by atoms with Gasteiger partial charge < -0.3 is 16.0 Å². The first-order chi connectivity index (χ1) is 16.6. The van der Waals surface area contributed by atoms with Crippen molar-refractivity contribution < 1.29 is 9.59 Å².